The molecule has 0 radical (unpaired) electrons. The first-order valence-corrected chi connectivity index (χ1v) is 7.60. The third-order valence-corrected chi connectivity index (χ3v) is 3.64. The van der Waals surface area contributed by atoms with Gasteiger partial charge < -0.3 is 14.8 Å². The highest BCUT2D eigenvalue weighted by molar-refractivity contribution is 5.87. The van der Waals surface area contributed by atoms with Gasteiger partial charge in [0, 0.05) is 38.1 Å². The van der Waals surface area contributed by atoms with Gasteiger partial charge >= 0.3 is 0 Å². The van der Waals surface area contributed by atoms with E-state index in [1.807, 2.05) is 6.07 Å². The Hall–Kier alpha value is -1.65. The predicted molar refractivity (Wildman–Crippen MR) is 83.6 cm³/mol. The molecule has 0 spiro atoms. The van der Waals surface area contributed by atoms with Crippen LogP contribution in [0.1, 0.15) is 25.0 Å². The zero-order valence-corrected chi connectivity index (χ0v) is 12.5. The van der Waals surface area contributed by atoms with Gasteiger partial charge in [0.25, 0.3) is 0 Å². The molecule has 1 heterocycles. The van der Waals surface area contributed by atoms with Crippen molar-refractivity contribution < 1.29 is 9.47 Å². The van der Waals surface area contributed by atoms with E-state index < -0.39 is 0 Å². The third-order valence-electron chi connectivity index (χ3n) is 3.64. The summed E-state index contributed by atoms with van der Waals surface area (Å²) in [6.45, 7) is 2.15. The SMILES string of the molecule is COCCCOc1nc(CNC2CC2)cc2ccccc12. The van der Waals surface area contributed by atoms with Crippen LogP contribution in [0, 0.1) is 0 Å². The molecule has 0 atom stereocenters. The van der Waals surface area contributed by atoms with E-state index in [9.17, 15) is 0 Å². The van der Waals surface area contributed by atoms with E-state index in [0.29, 0.717) is 19.3 Å². The van der Waals surface area contributed by atoms with Crippen LogP contribution in [0.25, 0.3) is 10.8 Å². The molecule has 2 aromatic rings. The van der Waals surface area contributed by atoms with Crippen molar-refractivity contribution >= 4 is 10.8 Å². The molecule has 0 unspecified atom stereocenters. The quantitative estimate of drug-likeness (QED) is 0.758. The summed E-state index contributed by atoms with van der Waals surface area (Å²) in [6, 6.07) is 11.1. The Morgan fingerprint density at radius 2 is 2.10 bits per heavy atom. The first-order valence-electron chi connectivity index (χ1n) is 7.60. The second-order valence-corrected chi connectivity index (χ2v) is 5.49. The van der Waals surface area contributed by atoms with Crippen molar-refractivity contribution in [1.29, 1.82) is 0 Å². The fourth-order valence-corrected chi connectivity index (χ4v) is 2.33. The van der Waals surface area contributed by atoms with Crippen molar-refractivity contribution in [1.82, 2.24) is 10.3 Å². The lowest BCUT2D eigenvalue weighted by Crippen LogP contribution is -2.16. The van der Waals surface area contributed by atoms with Gasteiger partial charge in [-0.2, -0.15) is 0 Å². The van der Waals surface area contributed by atoms with Gasteiger partial charge in [0.05, 0.1) is 12.3 Å². The topological polar surface area (TPSA) is 43.4 Å². The zero-order chi connectivity index (χ0) is 14.5. The predicted octanol–water partition coefficient (Wildman–Crippen LogP) is 2.90. The first kappa shape index (κ1) is 14.3. The molecule has 1 fully saturated rings. The Morgan fingerprint density at radius 3 is 2.90 bits per heavy atom. The average Bonchev–Trinajstić information content (AvgIpc) is 3.34. The van der Waals surface area contributed by atoms with Crippen LogP contribution in [0.2, 0.25) is 0 Å². The number of nitrogens with one attached hydrogen (secondary N) is 1. The van der Waals surface area contributed by atoms with Gasteiger partial charge in [0.15, 0.2) is 0 Å². The number of nitrogens with zero attached hydrogens (tertiary/aromatic N) is 1. The molecule has 0 bridgehead atoms. The van der Waals surface area contributed by atoms with Crippen LogP contribution in [-0.2, 0) is 11.3 Å². The van der Waals surface area contributed by atoms with E-state index in [-0.39, 0.29) is 0 Å². The highest BCUT2D eigenvalue weighted by Crippen LogP contribution is 2.25. The normalized spacial score (nSPS) is 14.5. The summed E-state index contributed by atoms with van der Waals surface area (Å²) in [4.78, 5) is 4.67. The molecule has 1 aliphatic carbocycles. The van der Waals surface area contributed by atoms with E-state index in [4.69, 9.17) is 9.47 Å². The molecular weight excluding hydrogens is 264 g/mol. The highest BCUT2D eigenvalue weighted by atomic mass is 16.5. The van der Waals surface area contributed by atoms with Crippen LogP contribution in [0.15, 0.2) is 30.3 Å². The van der Waals surface area contributed by atoms with Crippen molar-refractivity contribution in [3.63, 3.8) is 0 Å². The summed E-state index contributed by atoms with van der Waals surface area (Å²) in [5, 5.41) is 5.76. The lowest BCUT2D eigenvalue weighted by molar-refractivity contribution is 0.171. The molecule has 3 rings (SSSR count). The number of benzene rings is 1. The Morgan fingerprint density at radius 1 is 1.24 bits per heavy atom. The van der Waals surface area contributed by atoms with E-state index in [2.05, 4.69) is 34.6 Å². The highest BCUT2D eigenvalue weighted by Gasteiger charge is 2.20. The Labute approximate surface area is 125 Å². The summed E-state index contributed by atoms with van der Waals surface area (Å²) in [6.07, 6.45) is 3.44. The lowest BCUT2D eigenvalue weighted by Gasteiger charge is -2.11. The number of pyridine rings is 1. The molecule has 112 valence electrons. The molecule has 0 saturated heterocycles. The second-order valence-electron chi connectivity index (χ2n) is 5.49. The average molecular weight is 286 g/mol. The van der Waals surface area contributed by atoms with Gasteiger partial charge in [-0.1, -0.05) is 18.2 Å². The number of rotatable bonds is 8. The van der Waals surface area contributed by atoms with Crippen molar-refractivity contribution in [2.45, 2.75) is 31.8 Å². The molecule has 0 aliphatic heterocycles. The lowest BCUT2D eigenvalue weighted by atomic mass is 10.1. The minimum atomic E-state index is 0.629. The molecule has 1 aromatic heterocycles. The smallest absolute Gasteiger partial charge is 0.221 e. The van der Waals surface area contributed by atoms with Gasteiger partial charge in [0.2, 0.25) is 5.88 Å². The Kier molecular flexibility index (Phi) is 4.68. The number of methoxy groups -OCH3 is 1. The van der Waals surface area contributed by atoms with Gasteiger partial charge in [-0.25, -0.2) is 4.98 Å². The molecule has 0 amide bonds. The van der Waals surface area contributed by atoms with Gasteiger partial charge in [0.1, 0.15) is 0 Å². The largest absolute Gasteiger partial charge is 0.477 e. The number of fused-ring (bicyclic) bond motifs is 1. The molecular formula is C17H22N2O2. The Balaban J connectivity index is 1.76. The summed E-state index contributed by atoms with van der Waals surface area (Å²) in [7, 11) is 1.71. The minimum Gasteiger partial charge on any atom is -0.477 e. The molecule has 1 aromatic carbocycles. The molecule has 21 heavy (non-hydrogen) atoms. The number of hydrogen-bond acceptors (Lipinski definition) is 4. The van der Waals surface area contributed by atoms with Crippen LogP contribution in [0.5, 0.6) is 5.88 Å². The zero-order valence-electron chi connectivity index (χ0n) is 12.5. The monoisotopic (exact) mass is 286 g/mol. The first-order chi connectivity index (χ1) is 10.4. The standard InChI is InChI=1S/C17H22N2O2/c1-20-9-4-10-21-17-16-6-3-2-5-13(16)11-15(19-17)12-18-14-7-8-14/h2-3,5-6,11,14,18H,4,7-10,12H2,1H3. The molecule has 4 heteroatoms. The van der Waals surface area contributed by atoms with Crippen molar-refractivity contribution in [2.75, 3.05) is 20.3 Å². The van der Waals surface area contributed by atoms with Crippen LogP contribution in [0.4, 0.5) is 0 Å². The van der Waals surface area contributed by atoms with Gasteiger partial charge in [-0.3, -0.25) is 0 Å². The van der Waals surface area contributed by atoms with Crippen LogP contribution >= 0.6 is 0 Å². The molecule has 1 saturated carbocycles. The number of aromatic nitrogens is 1. The third kappa shape index (κ3) is 3.93. The fourth-order valence-electron chi connectivity index (χ4n) is 2.33. The maximum Gasteiger partial charge on any atom is 0.221 e. The van der Waals surface area contributed by atoms with Gasteiger partial charge in [-0.15, -0.1) is 0 Å². The number of ether oxygens (including phenoxy) is 2. The maximum absolute atomic E-state index is 5.87. The summed E-state index contributed by atoms with van der Waals surface area (Å²) in [5.41, 5.74) is 1.04. The minimum absolute atomic E-state index is 0.629. The van der Waals surface area contributed by atoms with Crippen LogP contribution < -0.4 is 10.1 Å². The van der Waals surface area contributed by atoms with E-state index in [1.54, 1.807) is 7.11 Å². The van der Waals surface area contributed by atoms with E-state index >= 15 is 0 Å². The fraction of sp³-hybridized carbons (Fsp3) is 0.471. The number of hydrogen-bond donors (Lipinski definition) is 1. The summed E-state index contributed by atoms with van der Waals surface area (Å²) < 4.78 is 10.9. The van der Waals surface area contributed by atoms with E-state index in [0.717, 1.165) is 29.9 Å². The summed E-state index contributed by atoms with van der Waals surface area (Å²) in [5.74, 6) is 0.733. The van der Waals surface area contributed by atoms with Crippen molar-refractivity contribution in [2.24, 2.45) is 0 Å². The molecule has 1 aliphatic rings. The van der Waals surface area contributed by atoms with Crippen LogP contribution in [0.3, 0.4) is 0 Å². The van der Waals surface area contributed by atoms with Crippen LogP contribution in [-0.4, -0.2) is 31.3 Å². The van der Waals surface area contributed by atoms with E-state index in [1.165, 1.54) is 18.2 Å². The maximum atomic E-state index is 5.87. The molecule has 4 nitrogen and oxygen atoms in total. The Bertz CT molecular complexity index is 596. The summed E-state index contributed by atoms with van der Waals surface area (Å²) >= 11 is 0. The molecule has 1 N–H and O–H groups in total. The van der Waals surface area contributed by atoms with Crippen molar-refractivity contribution in [3.05, 3.63) is 36.0 Å². The van der Waals surface area contributed by atoms with Crippen molar-refractivity contribution in [3.8, 4) is 5.88 Å². The second kappa shape index (κ2) is 6.87. The van der Waals surface area contributed by atoms with Gasteiger partial charge in [-0.05, 0) is 30.4 Å².